The molecular formula is C18H20N2S2. The van der Waals surface area contributed by atoms with Gasteiger partial charge in [-0.05, 0) is 43.7 Å². The number of benzene rings is 2. The van der Waals surface area contributed by atoms with Gasteiger partial charge in [0.05, 0.1) is 15.5 Å². The maximum absolute atomic E-state index is 4.81. The molecule has 0 aliphatic carbocycles. The lowest BCUT2D eigenvalue weighted by atomic mass is 10.2. The van der Waals surface area contributed by atoms with E-state index < -0.39 is 0 Å². The fraction of sp³-hybridized carbons (Fsp3) is 0.278. The molecule has 0 spiro atoms. The van der Waals surface area contributed by atoms with Gasteiger partial charge in [-0.15, -0.1) is 11.3 Å². The molecule has 4 heteroatoms. The standard InChI is InChI=1S/C18H20N2S2/c1-3-20(14-8-6-7-13(2)11-14)12-16(21)18-19-15-9-4-5-10-17(15)22-18/h4-11,16,21H,3,12H2,1-2H3. The van der Waals surface area contributed by atoms with Gasteiger partial charge in [-0.1, -0.05) is 24.3 Å². The zero-order valence-corrected chi connectivity index (χ0v) is 14.6. The third-order valence-electron chi connectivity index (χ3n) is 3.74. The number of aromatic nitrogens is 1. The minimum Gasteiger partial charge on any atom is -0.370 e. The summed E-state index contributed by atoms with van der Waals surface area (Å²) < 4.78 is 1.23. The van der Waals surface area contributed by atoms with Gasteiger partial charge in [0.25, 0.3) is 0 Å². The van der Waals surface area contributed by atoms with Crippen LogP contribution in [0.15, 0.2) is 48.5 Å². The van der Waals surface area contributed by atoms with E-state index in [0.717, 1.165) is 23.6 Å². The molecule has 3 aromatic rings. The van der Waals surface area contributed by atoms with Crippen LogP contribution in [0.4, 0.5) is 5.69 Å². The van der Waals surface area contributed by atoms with Gasteiger partial charge in [-0.3, -0.25) is 0 Å². The maximum atomic E-state index is 4.81. The Morgan fingerprint density at radius 3 is 2.73 bits per heavy atom. The van der Waals surface area contributed by atoms with Gasteiger partial charge in [0.15, 0.2) is 0 Å². The molecule has 0 saturated heterocycles. The van der Waals surface area contributed by atoms with Crippen LogP contribution in [0.25, 0.3) is 10.2 Å². The highest BCUT2D eigenvalue weighted by Gasteiger charge is 2.16. The molecule has 0 aliphatic rings. The molecule has 0 bridgehead atoms. The Labute approximate surface area is 141 Å². The van der Waals surface area contributed by atoms with Crippen molar-refractivity contribution in [2.24, 2.45) is 0 Å². The summed E-state index contributed by atoms with van der Waals surface area (Å²) in [6.07, 6.45) is 0. The van der Waals surface area contributed by atoms with E-state index in [2.05, 4.69) is 61.2 Å². The summed E-state index contributed by atoms with van der Waals surface area (Å²) in [6, 6.07) is 16.9. The number of para-hydroxylation sites is 1. The van der Waals surface area contributed by atoms with Crippen molar-refractivity contribution in [2.45, 2.75) is 19.1 Å². The van der Waals surface area contributed by atoms with Gasteiger partial charge in [0, 0.05) is 18.8 Å². The number of anilines is 1. The molecular weight excluding hydrogens is 308 g/mol. The van der Waals surface area contributed by atoms with Crippen LogP contribution in [0.2, 0.25) is 0 Å². The minimum absolute atomic E-state index is 0.123. The second kappa shape index (κ2) is 6.71. The van der Waals surface area contributed by atoms with E-state index in [-0.39, 0.29) is 5.25 Å². The third-order valence-corrected chi connectivity index (χ3v) is 5.47. The van der Waals surface area contributed by atoms with Crippen molar-refractivity contribution in [3.63, 3.8) is 0 Å². The van der Waals surface area contributed by atoms with E-state index in [0.29, 0.717) is 0 Å². The normalized spacial score (nSPS) is 12.5. The van der Waals surface area contributed by atoms with E-state index in [1.807, 2.05) is 6.07 Å². The van der Waals surface area contributed by atoms with Gasteiger partial charge in [-0.25, -0.2) is 4.98 Å². The van der Waals surface area contributed by atoms with Crippen molar-refractivity contribution in [3.05, 3.63) is 59.1 Å². The summed E-state index contributed by atoms with van der Waals surface area (Å²) in [6.45, 7) is 6.14. The summed E-state index contributed by atoms with van der Waals surface area (Å²) in [5.41, 5.74) is 3.61. The van der Waals surface area contributed by atoms with Crippen LogP contribution >= 0.6 is 24.0 Å². The highest BCUT2D eigenvalue weighted by atomic mass is 32.1. The smallest absolute Gasteiger partial charge is 0.108 e. The number of thiol groups is 1. The summed E-state index contributed by atoms with van der Waals surface area (Å²) in [5, 5.41) is 1.22. The molecule has 0 N–H and O–H groups in total. The molecule has 2 nitrogen and oxygen atoms in total. The predicted molar refractivity (Wildman–Crippen MR) is 100 cm³/mol. The molecule has 0 radical (unpaired) electrons. The largest absolute Gasteiger partial charge is 0.370 e. The lowest BCUT2D eigenvalue weighted by molar-refractivity contribution is 0.797. The van der Waals surface area contributed by atoms with Crippen molar-refractivity contribution >= 4 is 39.9 Å². The lowest BCUT2D eigenvalue weighted by Crippen LogP contribution is -2.26. The number of thiazole rings is 1. The molecule has 0 amide bonds. The lowest BCUT2D eigenvalue weighted by Gasteiger charge is -2.25. The van der Waals surface area contributed by atoms with Gasteiger partial charge >= 0.3 is 0 Å². The van der Waals surface area contributed by atoms with E-state index in [1.165, 1.54) is 16.0 Å². The van der Waals surface area contributed by atoms with Gasteiger partial charge in [0.2, 0.25) is 0 Å². The zero-order chi connectivity index (χ0) is 15.5. The fourth-order valence-electron chi connectivity index (χ4n) is 2.56. The fourth-order valence-corrected chi connectivity index (χ4v) is 3.92. The first-order chi connectivity index (χ1) is 10.7. The molecule has 3 rings (SSSR count). The Morgan fingerprint density at radius 1 is 1.18 bits per heavy atom. The highest BCUT2D eigenvalue weighted by Crippen LogP contribution is 2.31. The second-order valence-electron chi connectivity index (χ2n) is 5.41. The maximum Gasteiger partial charge on any atom is 0.108 e. The molecule has 114 valence electrons. The number of nitrogens with zero attached hydrogens (tertiary/aromatic N) is 2. The Morgan fingerprint density at radius 2 is 2.00 bits per heavy atom. The first-order valence-corrected chi connectivity index (χ1v) is 8.86. The molecule has 0 saturated carbocycles. The number of rotatable bonds is 5. The Kier molecular flexibility index (Phi) is 4.69. The second-order valence-corrected chi connectivity index (χ2v) is 7.10. The van der Waals surface area contributed by atoms with Crippen molar-refractivity contribution in [3.8, 4) is 0 Å². The molecule has 0 fully saturated rings. The number of likely N-dealkylation sites (N-methyl/N-ethyl adjacent to an activating group) is 1. The van der Waals surface area contributed by atoms with Crippen LogP contribution in [0.5, 0.6) is 0 Å². The predicted octanol–water partition coefficient (Wildman–Crippen LogP) is 5.10. The quantitative estimate of drug-likeness (QED) is 0.656. The summed E-state index contributed by atoms with van der Waals surface area (Å²) in [7, 11) is 0. The number of hydrogen-bond acceptors (Lipinski definition) is 4. The van der Waals surface area contributed by atoms with Crippen molar-refractivity contribution in [1.82, 2.24) is 4.98 Å². The van der Waals surface area contributed by atoms with Gasteiger partial charge in [0.1, 0.15) is 5.01 Å². The molecule has 1 unspecified atom stereocenters. The van der Waals surface area contributed by atoms with Crippen LogP contribution in [0, 0.1) is 6.92 Å². The molecule has 1 heterocycles. The van der Waals surface area contributed by atoms with Crippen molar-refractivity contribution < 1.29 is 0 Å². The zero-order valence-electron chi connectivity index (χ0n) is 12.9. The molecule has 1 aromatic heterocycles. The van der Waals surface area contributed by atoms with Crippen LogP contribution in [0.1, 0.15) is 22.7 Å². The van der Waals surface area contributed by atoms with Crippen molar-refractivity contribution in [2.75, 3.05) is 18.0 Å². The van der Waals surface area contributed by atoms with Crippen LogP contribution in [0.3, 0.4) is 0 Å². The minimum atomic E-state index is 0.123. The first-order valence-electron chi connectivity index (χ1n) is 7.52. The number of fused-ring (bicyclic) bond motifs is 1. The average Bonchev–Trinajstić information content (AvgIpc) is 2.96. The Balaban J connectivity index is 1.80. The molecule has 2 aromatic carbocycles. The van der Waals surface area contributed by atoms with E-state index in [9.17, 15) is 0 Å². The Bertz CT molecular complexity index is 733. The summed E-state index contributed by atoms with van der Waals surface area (Å²) in [4.78, 5) is 7.08. The van der Waals surface area contributed by atoms with Crippen molar-refractivity contribution in [1.29, 1.82) is 0 Å². The third kappa shape index (κ3) is 3.28. The monoisotopic (exact) mass is 328 g/mol. The summed E-state index contributed by atoms with van der Waals surface area (Å²) in [5.74, 6) is 0. The molecule has 0 aliphatic heterocycles. The molecule has 22 heavy (non-hydrogen) atoms. The number of hydrogen-bond donors (Lipinski definition) is 1. The van der Waals surface area contributed by atoms with Crippen LogP contribution < -0.4 is 4.90 Å². The Hall–Kier alpha value is -1.52. The topological polar surface area (TPSA) is 16.1 Å². The summed E-state index contributed by atoms with van der Waals surface area (Å²) >= 11 is 6.55. The van der Waals surface area contributed by atoms with Crippen LogP contribution in [-0.2, 0) is 0 Å². The van der Waals surface area contributed by atoms with Gasteiger partial charge < -0.3 is 4.90 Å². The number of aryl methyl sites for hydroxylation is 1. The van der Waals surface area contributed by atoms with E-state index in [4.69, 9.17) is 17.6 Å². The SMILES string of the molecule is CCN(CC(S)c1nc2ccccc2s1)c1cccc(C)c1. The van der Waals surface area contributed by atoms with E-state index in [1.54, 1.807) is 11.3 Å². The van der Waals surface area contributed by atoms with E-state index >= 15 is 0 Å². The average molecular weight is 329 g/mol. The van der Waals surface area contributed by atoms with Crippen LogP contribution in [-0.4, -0.2) is 18.1 Å². The van der Waals surface area contributed by atoms with Gasteiger partial charge in [-0.2, -0.15) is 12.6 Å². The molecule has 1 atom stereocenters. The first kappa shape index (κ1) is 15.4. The highest BCUT2D eigenvalue weighted by molar-refractivity contribution is 7.80.